The number of nitrogens with two attached hydrogens (primary N) is 1. The summed E-state index contributed by atoms with van der Waals surface area (Å²) in [5.41, 5.74) is 7.01. The number of amidine groups is 1. The van der Waals surface area contributed by atoms with Crippen molar-refractivity contribution < 1.29 is 0 Å². The number of likely N-dealkylation sites (tertiary alicyclic amines) is 1. The van der Waals surface area contributed by atoms with Crippen LogP contribution >= 0.6 is 0 Å². The van der Waals surface area contributed by atoms with Crippen LogP contribution in [0.4, 0.5) is 0 Å². The summed E-state index contributed by atoms with van der Waals surface area (Å²) in [6, 6.07) is 11.1. The van der Waals surface area contributed by atoms with Crippen LogP contribution in [-0.2, 0) is 6.54 Å². The predicted molar refractivity (Wildman–Crippen MR) is 72.0 cm³/mol. The highest BCUT2D eigenvalue weighted by atomic mass is 15.1. The lowest BCUT2D eigenvalue weighted by atomic mass is 10.0. The summed E-state index contributed by atoms with van der Waals surface area (Å²) >= 11 is 0. The monoisotopic (exact) mass is 231 g/mol. The molecule has 17 heavy (non-hydrogen) atoms. The summed E-state index contributed by atoms with van der Waals surface area (Å²) < 4.78 is 0. The van der Waals surface area contributed by atoms with Gasteiger partial charge in [-0.15, -0.1) is 0 Å². The zero-order chi connectivity index (χ0) is 12.1. The zero-order valence-corrected chi connectivity index (χ0v) is 10.5. The summed E-state index contributed by atoms with van der Waals surface area (Å²) in [6.45, 7) is 5.17. The van der Waals surface area contributed by atoms with Crippen molar-refractivity contribution in [3.63, 3.8) is 0 Å². The Balaban J connectivity index is 1.82. The van der Waals surface area contributed by atoms with Crippen molar-refractivity contribution in [2.45, 2.75) is 32.4 Å². The van der Waals surface area contributed by atoms with E-state index in [1.807, 2.05) is 6.92 Å². The fourth-order valence-corrected chi connectivity index (χ4v) is 2.34. The van der Waals surface area contributed by atoms with Gasteiger partial charge in [-0.2, -0.15) is 0 Å². The highest BCUT2D eigenvalue weighted by molar-refractivity contribution is 5.77. The Morgan fingerprint density at radius 3 is 2.53 bits per heavy atom. The molecule has 1 aliphatic heterocycles. The predicted octanol–water partition coefficient (Wildman–Crippen LogP) is 2.03. The molecule has 0 radical (unpaired) electrons. The van der Waals surface area contributed by atoms with Crippen LogP contribution in [0, 0.1) is 0 Å². The van der Waals surface area contributed by atoms with E-state index in [4.69, 9.17) is 5.73 Å². The quantitative estimate of drug-likeness (QED) is 0.639. The van der Waals surface area contributed by atoms with Crippen molar-refractivity contribution >= 4 is 5.84 Å². The van der Waals surface area contributed by atoms with Crippen LogP contribution in [0.2, 0.25) is 0 Å². The minimum atomic E-state index is 0.437. The Hall–Kier alpha value is -1.35. The van der Waals surface area contributed by atoms with Gasteiger partial charge in [0.05, 0.1) is 11.9 Å². The van der Waals surface area contributed by atoms with Gasteiger partial charge in [-0.3, -0.25) is 9.89 Å². The molecule has 0 saturated carbocycles. The molecular formula is C14H21N3. The highest BCUT2D eigenvalue weighted by Crippen LogP contribution is 2.16. The number of benzene rings is 1. The third kappa shape index (κ3) is 3.86. The van der Waals surface area contributed by atoms with Crippen molar-refractivity contribution in [3.05, 3.63) is 35.9 Å². The number of aliphatic imine (C=N–C) groups is 1. The van der Waals surface area contributed by atoms with Crippen LogP contribution < -0.4 is 5.73 Å². The number of piperidine rings is 1. The molecule has 0 atom stereocenters. The van der Waals surface area contributed by atoms with Crippen molar-refractivity contribution in [3.8, 4) is 0 Å². The smallest absolute Gasteiger partial charge is 0.0909 e. The summed E-state index contributed by atoms with van der Waals surface area (Å²) in [5, 5.41) is 0. The summed E-state index contributed by atoms with van der Waals surface area (Å²) in [6.07, 6.45) is 2.25. The SMILES string of the molecule is CC(N)=NC1CCN(Cc2ccccc2)CC1. The van der Waals surface area contributed by atoms with Gasteiger partial charge in [0, 0.05) is 19.6 Å². The topological polar surface area (TPSA) is 41.6 Å². The Bertz CT molecular complexity index is 360. The van der Waals surface area contributed by atoms with Gasteiger partial charge in [-0.25, -0.2) is 0 Å². The lowest BCUT2D eigenvalue weighted by Gasteiger charge is -2.30. The van der Waals surface area contributed by atoms with E-state index < -0.39 is 0 Å². The van der Waals surface area contributed by atoms with Crippen LogP contribution in [0.3, 0.4) is 0 Å². The first kappa shape index (κ1) is 12.1. The molecule has 0 unspecified atom stereocenters. The maximum atomic E-state index is 5.62. The summed E-state index contributed by atoms with van der Waals surface area (Å²) in [7, 11) is 0. The minimum absolute atomic E-state index is 0.437. The van der Waals surface area contributed by atoms with Gasteiger partial charge in [0.1, 0.15) is 0 Å². The molecule has 0 spiro atoms. The maximum Gasteiger partial charge on any atom is 0.0909 e. The third-order valence-electron chi connectivity index (χ3n) is 3.19. The van der Waals surface area contributed by atoms with E-state index in [9.17, 15) is 0 Å². The molecule has 1 heterocycles. The fourth-order valence-electron chi connectivity index (χ4n) is 2.34. The molecule has 0 aromatic heterocycles. The van der Waals surface area contributed by atoms with Gasteiger partial charge in [0.25, 0.3) is 0 Å². The average Bonchev–Trinajstić information content (AvgIpc) is 2.32. The number of hydrogen-bond acceptors (Lipinski definition) is 2. The van der Waals surface area contributed by atoms with Crippen molar-refractivity contribution in [1.82, 2.24) is 4.90 Å². The van der Waals surface area contributed by atoms with Crippen LogP contribution in [0.15, 0.2) is 35.3 Å². The molecule has 3 heteroatoms. The highest BCUT2D eigenvalue weighted by Gasteiger charge is 2.18. The summed E-state index contributed by atoms with van der Waals surface area (Å²) in [5.74, 6) is 0.714. The van der Waals surface area contributed by atoms with Gasteiger partial charge >= 0.3 is 0 Å². The van der Waals surface area contributed by atoms with E-state index in [0.29, 0.717) is 11.9 Å². The second kappa shape index (κ2) is 5.82. The average molecular weight is 231 g/mol. The molecule has 1 aliphatic rings. The second-order valence-electron chi connectivity index (χ2n) is 4.76. The van der Waals surface area contributed by atoms with Crippen molar-refractivity contribution in [2.24, 2.45) is 10.7 Å². The first-order chi connectivity index (χ1) is 8.24. The molecule has 2 rings (SSSR count). The number of nitrogens with zero attached hydrogens (tertiary/aromatic N) is 2. The molecule has 2 N–H and O–H groups in total. The standard InChI is InChI=1S/C14H21N3/c1-12(15)16-14-7-9-17(10-8-14)11-13-5-3-2-4-6-13/h2-6,14H,7-11H2,1H3,(H2,15,16). The molecule has 0 aliphatic carbocycles. The Morgan fingerprint density at radius 2 is 1.94 bits per heavy atom. The molecule has 1 aromatic carbocycles. The lowest BCUT2D eigenvalue weighted by Crippen LogP contribution is -2.35. The lowest BCUT2D eigenvalue weighted by molar-refractivity contribution is 0.206. The Kier molecular flexibility index (Phi) is 4.15. The zero-order valence-electron chi connectivity index (χ0n) is 10.5. The number of hydrogen-bond donors (Lipinski definition) is 1. The van der Waals surface area contributed by atoms with Crippen LogP contribution in [0.1, 0.15) is 25.3 Å². The molecule has 3 nitrogen and oxygen atoms in total. The van der Waals surface area contributed by atoms with Gasteiger partial charge in [-0.05, 0) is 25.3 Å². The van der Waals surface area contributed by atoms with Crippen molar-refractivity contribution in [1.29, 1.82) is 0 Å². The van der Waals surface area contributed by atoms with Crippen LogP contribution in [0.5, 0.6) is 0 Å². The molecule has 1 aromatic rings. The van der Waals surface area contributed by atoms with Gasteiger partial charge in [0.2, 0.25) is 0 Å². The first-order valence-electron chi connectivity index (χ1n) is 6.30. The largest absolute Gasteiger partial charge is 0.388 e. The second-order valence-corrected chi connectivity index (χ2v) is 4.76. The first-order valence-corrected chi connectivity index (χ1v) is 6.30. The van der Waals surface area contributed by atoms with Gasteiger partial charge in [0.15, 0.2) is 0 Å². The van der Waals surface area contributed by atoms with E-state index in [2.05, 4.69) is 40.2 Å². The fraction of sp³-hybridized carbons (Fsp3) is 0.500. The maximum absolute atomic E-state index is 5.62. The van der Waals surface area contributed by atoms with Crippen molar-refractivity contribution in [2.75, 3.05) is 13.1 Å². The van der Waals surface area contributed by atoms with E-state index >= 15 is 0 Å². The number of rotatable bonds is 3. The van der Waals surface area contributed by atoms with E-state index in [-0.39, 0.29) is 0 Å². The Labute approximate surface area is 103 Å². The third-order valence-corrected chi connectivity index (χ3v) is 3.19. The molecule has 1 fully saturated rings. The minimum Gasteiger partial charge on any atom is -0.388 e. The van der Waals surface area contributed by atoms with E-state index in [1.54, 1.807) is 0 Å². The van der Waals surface area contributed by atoms with Gasteiger partial charge < -0.3 is 5.73 Å². The van der Waals surface area contributed by atoms with E-state index in [0.717, 1.165) is 32.5 Å². The molecule has 1 saturated heterocycles. The molecule has 0 amide bonds. The normalized spacial score (nSPS) is 19.5. The molecular weight excluding hydrogens is 210 g/mol. The molecule has 92 valence electrons. The summed E-state index contributed by atoms with van der Waals surface area (Å²) in [4.78, 5) is 6.94. The van der Waals surface area contributed by atoms with Crippen LogP contribution in [-0.4, -0.2) is 29.9 Å². The van der Waals surface area contributed by atoms with E-state index in [1.165, 1.54) is 5.56 Å². The van der Waals surface area contributed by atoms with Crippen LogP contribution in [0.25, 0.3) is 0 Å². The van der Waals surface area contributed by atoms with Gasteiger partial charge in [-0.1, -0.05) is 30.3 Å². The Morgan fingerprint density at radius 1 is 1.29 bits per heavy atom. The molecule has 0 bridgehead atoms.